The van der Waals surface area contributed by atoms with Crippen LogP contribution in [0, 0.1) is 12.7 Å². The van der Waals surface area contributed by atoms with E-state index in [0.717, 1.165) is 36.1 Å². The molecule has 5 rings (SSSR count). The van der Waals surface area contributed by atoms with Crippen LogP contribution in [0.3, 0.4) is 0 Å². The first-order chi connectivity index (χ1) is 14.1. The van der Waals surface area contributed by atoms with Crippen molar-refractivity contribution < 1.29 is 18.7 Å². The smallest absolute Gasteiger partial charge is 0.260 e. The van der Waals surface area contributed by atoms with E-state index in [4.69, 9.17) is 9.47 Å². The van der Waals surface area contributed by atoms with Gasteiger partial charge in [0.2, 0.25) is 0 Å². The zero-order valence-electron chi connectivity index (χ0n) is 16.2. The Balaban J connectivity index is 1.48. The highest BCUT2D eigenvalue weighted by Gasteiger charge is 2.35. The van der Waals surface area contributed by atoms with E-state index >= 15 is 4.39 Å². The molecule has 0 N–H and O–H groups in total. The summed E-state index contributed by atoms with van der Waals surface area (Å²) in [5.41, 5.74) is 3.59. The number of hydrogen-bond acceptors (Lipinski definition) is 4. The number of fused-ring (bicyclic) bond motifs is 2. The second-order valence-electron chi connectivity index (χ2n) is 7.68. The van der Waals surface area contributed by atoms with Gasteiger partial charge in [0.25, 0.3) is 5.91 Å². The standard InChI is InChI=1S/C22H22FN3O3/c1-14-16(9-15-5-7-26-17(10-15)4-6-24-26)11-19-21(20(14)23)29-13-25(22(19)27)18-3-2-8-28-12-18/h4-7,10-11,18H,2-3,8-9,12-13H2,1H3. The summed E-state index contributed by atoms with van der Waals surface area (Å²) < 4.78 is 28.0. The van der Waals surface area contributed by atoms with Gasteiger partial charge in [-0.05, 0) is 67.1 Å². The fourth-order valence-corrected chi connectivity index (χ4v) is 4.15. The Labute approximate surface area is 167 Å². The first kappa shape index (κ1) is 18.1. The van der Waals surface area contributed by atoms with Gasteiger partial charge in [0.05, 0.1) is 23.7 Å². The maximum absolute atomic E-state index is 15.1. The maximum atomic E-state index is 15.1. The van der Waals surface area contributed by atoms with E-state index in [9.17, 15) is 4.79 Å². The molecule has 29 heavy (non-hydrogen) atoms. The molecule has 150 valence electrons. The van der Waals surface area contributed by atoms with Crippen molar-refractivity contribution in [1.82, 2.24) is 14.5 Å². The average molecular weight is 395 g/mol. The van der Waals surface area contributed by atoms with E-state index < -0.39 is 5.82 Å². The molecule has 0 bridgehead atoms. The van der Waals surface area contributed by atoms with Gasteiger partial charge < -0.3 is 9.47 Å². The van der Waals surface area contributed by atoms with Crippen molar-refractivity contribution >= 4 is 11.4 Å². The Morgan fingerprint density at radius 1 is 1.31 bits per heavy atom. The minimum absolute atomic E-state index is 0.0264. The molecule has 0 saturated carbocycles. The highest BCUT2D eigenvalue weighted by atomic mass is 19.1. The molecule has 1 amide bonds. The first-order valence-corrected chi connectivity index (χ1v) is 9.87. The number of halogens is 1. The van der Waals surface area contributed by atoms with E-state index in [1.807, 2.05) is 24.4 Å². The SMILES string of the molecule is Cc1c(Cc2ccn3nccc3c2)cc2c(c1F)OCN(C1CCCOC1)C2=O. The van der Waals surface area contributed by atoms with Crippen molar-refractivity contribution in [2.24, 2.45) is 0 Å². The van der Waals surface area contributed by atoms with E-state index in [1.54, 1.807) is 28.6 Å². The third-order valence-electron chi connectivity index (χ3n) is 5.85. The minimum Gasteiger partial charge on any atom is -0.469 e. The molecular weight excluding hydrogens is 373 g/mol. The normalized spacial score (nSPS) is 19.3. The van der Waals surface area contributed by atoms with Crippen LogP contribution in [0.2, 0.25) is 0 Å². The molecule has 2 aliphatic heterocycles. The Bertz CT molecular complexity index is 1090. The van der Waals surface area contributed by atoms with Crippen molar-refractivity contribution in [1.29, 1.82) is 0 Å². The monoisotopic (exact) mass is 395 g/mol. The van der Waals surface area contributed by atoms with Crippen LogP contribution in [0.4, 0.5) is 4.39 Å². The number of ether oxygens (including phenoxy) is 2. The lowest BCUT2D eigenvalue weighted by molar-refractivity contribution is -0.0108. The van der Waals surface area contributed by atoms with Crippen molar-refractivity contribution in [3.05, 3.63) is 64.7 Å². The molecule has 1 fully saturated rings. The largest absolute Gasteiger partial charge is 0.469 e. The molecule has 1 saturated heterocycles. The Hall–Kier alpha value is -2.93. The van der Waals surface area contributed by atoms with Gasteiger partial charge in [-0.3, -0.25) is 9.69 Å². The molecule has 6 nitrogen and oxygen atoms in total. The summed E-state index contributed by atoms with van der Waals surface area (Å²) in [4.78, 5) is 14.8. The summed E-state index contributed by atoms with van der Waals surface area (Å²) in [6.07, 6.45) is 5.93. The summed E-state index contributed by atoms with van der Waals surface area (Å²) in [7, 11) is 0. The van der Waals surface area contributed by atoms with Crippen molar-refractivity contribution in [2.45, 2.75) is 32.2 Å². The van der Waals surface area contributed by atoms with Crippen LogP contribution in [0.15, 0.2) is 36.7 Å². The maximum Gasteiger partial charge on any atom is 0.260 e. The zero-order chi connectivity index (χ0) is 20.0. The highest BCUT2D eigenvalue weighted by Crippen LogP contribution is 2.34. The summed E-state index contributed by atoms with van der Waals surface area (Å²) in [5.74, 6) is -0.570. The lowest BCUT2D eigenvalue weighted by Gasteiger charge is -2.37. The lowest BCUT2D eigenvalue weighted by Crippen LogP contribution is -2.49. The number of nitrogens with zero attached hydrogens (tertiary/aromatic N) is 3. The Kier molecular flexibility index (Phi) is 4.47. The number of benzene rings is 1. The number of aromatic nitrogens is 2. The fourth-order valence-electron chi connectivity index (χ4n) is 4.15. The number of hydrogen-bond donors (Lipinski definition) is 0. The second kappa shape index (κ2) is 7.15. The number of carbonyl (C=O) groups excluding carboxylic acids is 1. The molecule has 7 heteroatoms. The molecule has 0 radical (unpaired) electrons. The quantitative estimate of drug-likeness (QED) is 0.683. The van der Waals surface area contributed by atoms with E-state index in [1.165, 1.54) is 0 Å². The second-order valence-corrected chi connectivity index (χ2v) is 7.68. The zero-order valence-corrected chi connectivity index (χ0v) is 16.2. The Morgan fingerprint density at radius 3 is 3.03 bits per heavy atom. The summed E-state index contributed by atoms with van der Waals surface area (Å²) in [6.45, 7) is 3.01. The predicted octanol–water partition coefficient (Wildman–Crippen LogP) is 3.34. The number of rotatable bonds is 3. The summed E-state index contributed by atoms with van der Waals surface area (Å²) >= 11 is 0. The van der Waals surface area contributed by atoms with Gasteiger partial charge in [0, 0.05) is 19.0 Å². The number of amides is 1. The lowest BCUT2D eigenvalue weighted by atomic mass is 9.95. The van der Waals surface area contributed by atoms with Crippen LogP contribution in [-0.2, 0) is 11.2 Å². The van der Waals surface area contributed by atoms with Crippen LogP contribution in [-0.4, -0.2) is 46.4 Å². The summed E-state index contributed by atoms with van der Waals surface area (Å²) in [6, 6.07) is 7.66. The number of pyridine rings is 1. The molecule has 3 aromatic rings. The predicted molar refractivity (Wildman–Crippen MR) is 105 cm³/mol. The topological polar surface area (TPSA) is 56.1 Å². The third kappa shape index (κ3) is 3.15. The van der Waals surface area contributed by atoms with Crippen molar-refractivity contribution in [3.8, 4) is 5.75 Å². The van der Waals surface area contributed by atoms with Crippen LogP contribution in [0.25, 0.3) is 5.52 Å². The average Bonchev–Trinajstić information content (AvgIpc) is 3.21. The molecule has 4 heterocycles. The third-order valence-corrected chi connectivity index (χ3v) is 5.85. The van der Waals surface area contributed by atoms with Crippen LogP contribution in [0.1, 0.15) is 39.9 Å². The molecule has 1 unspecified atom stereocenters. The van der Waals surface area contributed by atoms with Gasteiger partial charge in [0.15, 0.2) is 18.3 Å². The van der Waals surface area contributed by atoms with Gasteiger partial charge in [-0.1, -0.05) is 0 Å². The minimum atomic E-state index is -0.448. The molecule has 1 aromatic carbocycles. The van der Waals surface area contributed by atoms with Crippen LogP contribution in [0.5, 0.6) is 5.75 Å². The van der Waals surface area contributed by atoms with E-state index in [0.29, 0.717) is 24.2 Å². The van der Waals surface area contributed by atoms with Gasteiger partial charge in [0.1, 0.15) is 0 Å². The van der Waals surface area contributed by atoms with Gasteiger partial charge >= 0.3 is 0 Å². The van der Waals surface area contributed by atoms with Crippen LogP contribution >= 0.6 is 0 Å². The highest BCUT2D eigenvalue weighted by molar-refractivity contribution is 5.98. The Morgan fingerprint density at radius 2 is 2.21 bits per heavy atom. The molecule has 0 spiro atoms. The fraction of sp³-hybridized carbons (Fsp3) is 0.364. The molecular formula is C22H22FN3O3. The summed E-state index contributed by atoms with van der Waals surface area (Å²) in [5, 5.41) is 4.20. The van der Waals surface area contributed by atoms with E-state index in [2.05, 4.69) is 5.10 Å². The molecule has 2 aliphatic rings. The van der Waals surface area contributed by atoms with E-state index in [-0.39, 0.29) is 24.4 Å². The van der Waals surface area contributed by atoms with Gasteiger partial charge in [-0.25, -0.2) is 8.91 Å². The first-order valence-electron chi connectivity index (χ1n) is 9.87. The van der Waals surface area contributed by atoms with Gasteiger partial charge in [-0.15, -0.1) is 0 Å². The number of carbonyl (C=O) groups is 1. The molecule has 0 aliphatic carbocycles. The van der Waals surface area contributed by atoms with Gasteiger partial charge in [-0.2, -0.15) is 5.10 Å². The van der Waals surface area contributed by atoms with Crippen LogP contribution < -0.4 is 4.74 Å². The molecule has 2 aromatic heterocycles. The van der Waals surface area contributed by atoms with Crippen molar-refractivity contribution in [2.75, 3.05) is 19.9 Å². The molecule has 1 atom stereocenters. The van der Waals surface area contributed by atoms with Crippen molar-refractivity contribution in [3.63, 3.8) is 0 Å².